The Balaban J connectivity index is 1.68. The molecule has 138 valence electrons. The Labute approximate surface area is 162 Å². The van der Waals surface area contributed by atoms with Crippen LogP contribution in [-0.2, 0) is 4.79 Å². The van der Waals surface area contributed by atoms with Crippen LogP contribution in [0, 0.1) is 0 Å². The summed E-state index contributed by atoms with van der Waals surface area (Å²) in [4.78, 5) is 13.5. The summed E-state index contributed by atoms with van der Waals surface area (Å²) in [6.07, 6.45) is 0.859. The summed E-state index contributed by atoms with van der Waals surface area (Å²) >= 11 is 7.46. The van der Waals surface area contributed by atoms with E-state index in [-0.39, 0.29) is 11.2 Å². The van der Waals surface area contributed by atoms with E-state index in [1.165, 1.54) is 11.8 Å². The largest absolute Gasteiger partial charge is 0.495 e. The van der Waals surface area contributed by atoms with Gasteiger partial charge in [-0.2, -0.15) is 0 Å². The van der Waals surface area contributed by atoms with Gasteiger partial charge in [0.15, 0.2) is 11.5 Å². The fourth-order valence-corrected chi connectivity index (χ4v) is 3.55. The highest BCUT2D eigenvalue weighted by molar-refractivity contribution is 8.00. The Hall–Kier alpha value is -2.05. The molecule has 2 aromatic carbocycles. The van der Waals surface area contributed by atoms with Crippen LogP contribution >= 0.6 is 23.4 Å². The van der Waals surface area contributed by atoms with E-state index in [0.29, 0.717) is 29.7 Å². The number of thioether (sulfide) groups is 1. The molecule has 1 N–H and O–H groups in total. The molecule has 0 spiro atoms. The number of methoxy groups -OCH3 is 1. The third kappa shape index (κ3) is 4.56. The van der Waals surface area contributed by atoms with Crippen molar-refractivity contribution in [2.24, 2.45) is 0 Å². The molecule has 1 heterocycles. The smallest absolute Gasteiger partial charge is 0.237 e. The summed E-state index contributed by atoms with van der Waals surface area (Å²) in [5.41, 5.74) is 0.552. The highest BCUT2D eigenvalue weighted by Crippen LogP contribution is 2.36. The number of anilines is 1. The Morgan fingerprint density at radius 3 is 2.73 bits per heavy atom. The van der Waals surface area contributed by atoms with Crippen LogP contribution < -0.4 is 19.5 Å². The summed E-state index contributed by atoms with van der Waals surface area (Å²) in [7, 11) is 1.55. The number of nitrogens with one attached hydrogen (secondary N) is 1. The first-order valence-electron chi connectivity index (χ1n) is 8.27. The SMILES string of the molecule is COc1ccc(Cl)cc1NC(=O)[C@@H](C)Sc1ccc2c(c1)OCCCO2. The van der Waals surface area contributed by atoms with E-state index < -0.39 is 0 Å². The fraction of sp³-hybridized carbons (Fsp3) is 0.316. The number of amides is 1. The van der Waals surface area contributed by atoms with E-state index in [4.69, 9.17) is 25.8 Å². The first-order valence-corrected chi connectivity index (χ1v) is 9.53. The monoisotopic (exact) mass is 393 g/mol. The van der Waals surface area contributed by atoms with Crippen LogP contribution in [0.3, 0.4) is 0 Å². The van der Waals surface area contributed by atoms with Crippen LogP contribution in [0.25, 0.3) is 0 Å². The minimum absolute atomic E-state index is 0.136. The summed E-state index contributed by atoms with van der Waals surface area (Å²) in [6, 6.07) is 10.8. The van der Waals surface area contributed by atoms with E-state index in [1.54, 1.807) is 25.3 Å². The molecule has 26 heavy (non-hydrogen) atoms. The second kappa shape index (κ2) is 8.56. The lowest BCUT2D eigenvalue weighted by atomic mass is 10.3. The van der Waals surface area contributed by atoms with Gasteiger partial charge in [0.2, 0.25) is 5.91 Å². The number of halogens is 1. The average molecular weight is 394 g/mol. The van der Waals surface area contributed by atoms with Gasteiger partial charge in [-0.15, -0.1) is 11.8 Å². The van der Waals surface area contributed by atoms with Gasteiger partial charge in [-0.05, 0) is 43.3 Å². The molecule has 7 heteroatoms. The average Bonchev–Trinajstić information content (AvgIpc) is 2.86. The molecule has 1 aliphatic heterocycles. The van der Waals surface area contributed by atoms with Crippen LogP contribution in [0.5, 0.6) is 17.2 Å². The summed E-state index contributed by atoms with van der Waals surface area (Å²) in [5.74, 6) is 1.89. The summed E-state index contributed by atoms with van der Waals surface area (Å²) < 4.78 is 16.6. The van der Waals surface area contributed by atoms with Crippen molar-refractivity contribution in [3.05, 3.63) is 41.4 Å². The first-order chi connectivity index (χ1) is 12.6. The van der Waals surface area contributed by atoms with Crippen molar-refractivity contribution >= 4 is 35.0 Å². The number of fused-ring (bicyclic) bond motifs is 1. The molecule has 1 aliphatic rings. The van der Waals surface area contributed by atoms with Crippen molar-refractivity contribution in [1.29, 1.82) is 0 Å². The highest BCUT2D eigenvalue weighted by Gasteiger charge is 2.18. The molecule has 0 aliphatic carbocycles. The quantitative estimate of drug-likeness (QED) is 0.750. The lowest BCUT2D eigenvalue weighted by Crippen LogP contribution is -2.22. The highest BCUT2D eigenvalue weighted by atomic mass is 35.5. The predicted octanol–water partition coefficient (Wildman–Crippen LogP) is 4.63. The maximum Gasteiger partial charge on any atom is 0.237 e. The number of rotatable bonds is 5. The number of ether oxygens (including phenoxy) is 3. The van der Waals surface area contributed by atoms with Crippen LogP contribution in [-0.4, -0.2) is 31.5 Å². The third-order valence-corrected chi connectivity index (χ3v) is 5.15. The van der Waals surface area contributed by atoms with Crippen LogP contribution in [0.15, 0.2) is 41.3 Å². The molecule has 3 rings (SSSR count). The summed E-state index contributed by atoms with van der Waals surface area (Å²) in [6.45, 7) is 3.13. The molecule has 0 radical (unpaired) electrons. The van der Waals surface area contributed by atoms with Crippen molar-refractivity contribution in [3.8, 4) is 17.2 Å². The second-order valence-electron chi connectivity index (χ2n) is 5.75. The van der Waals surface area contributed by atoms with E-state index in [0.717, 1.165) is 22.8 Å². The zero-order valence-corrected chi connectivity index (χ0v) is 16.2. The molecular formula is C19H20ClNO4S. The van der Waals surface area contributed by atoms with Crippen molar-refractivity contribution in [1.82, 2.24) is 0 Å². The lowest BCUT2D eigenvalue weighted by Gasteiger charge is -2.15. The van der Waals surface area contributed by atoms with Gasteiger partial charge in [0, 0.05) is 16.3 Å². The van der Waals surface area contributed by atoms with Gasteiger partial charge in [-0.25, -0.2) is 0 Å². The van der Waals surface area contributed by atoms with Crippen LogP contribution in [0.1, 0.15) is 13.3 Å². The first kappa shape index (κ1) is 18.7. The minimum Gasteiger partial charge on any atom is -0.495 e. The maximum absolute atomic E-state index is 12.6. The molecule has 0 aromatic heterocycles. The molecule has 0 unspecified atom stereocenters. The maximum atomic E-state index is 12.6. The van der Waals surface area contributed by atoms with Gasteiger partial charge in [0.1, 0.15) is 5.75 Å². The topological polar surface area (TPSA) is 56.8 Å². The molecule has 2 aromatic rings. The molecular weight excluding hydrogens is 374 g/mol. The lowest BCUT2D eigenvalue weighted by molar-refractivity contribution is -0.115. The number of benzene rings is 2. The standard InChI is InChI=1S/C19H20ClNO4S/c1-12(19(22)21-15-10-13(20)4-6-16(15)23-2)26-14-5-7-17-18(11-14)25-9-3-8-24-17/h4-7,10-12H,3,8-9H2,1-2H3,(H,21,22)/t12-/m1/s1. The van der Waals surface area contributed by atoms with Gasteiger partial charge in [-0.3, -0.25) is 4.79 Å². The molecule has 5 nitrogen and oxygen atoms in total. The third-order valence-electron chi connectivity index (χ3n) is 3.82. The van der Waals surface area contributed by atoms with Crippen molar-refractivity contribution < 1.29 is 19.0 Å². The molecule has 0 fully saturated rings. The molecule has 0 saturated carbocycles. The summed E-state index contributed by atoms with van der Waals surface area (Å²) in [5, 5.41) is 3.08. The van der Waals surface area contributed by atoms with E-state index in [1.807, 2.05) is 25.1 Å². The number of carbonyl (C=O) groups excluding carboxylic acids is 1. The van der Waals surface area contributed by atoms with Crippen molar-refractivity contribution in [2.75, 3.05) is 25.6 Å². The van der Waals surface area contributed by atoms with Gasteiger partial charge in [-0.1, -0.05) is 11.6 Å². The minimum atomic E-state index is -0.316. The number of carbonyl (C=O) groups is 1. The van der Waals surface area contributed by atoms with Gasteiger partial charge in [0.25, 0.3) is 0 Å². The van der Waals surface area contributed by atoms with Crippen molar-refractivity contribution in [3.63, 3.8) is 0 Å². The molecule has 0 bridgehead atoms. The fourth-order valence-electron chi connectivity index (χ4n) is 2.49. The van der Waals surface area contributed by atoms with E-state index in [9.17, 15) is 4.79 Å². The number of hydrogen-bond acceptors (Lipinski definition) is 5. The van der Waals surface area contributed by atoms with Crippen LogP contribution in [0.4, 0.5) is 5.69 Å². The van der Waals surface area contributed by atoms with E-state index >= 15 is 0 Å². The van der Waals surface area contributed by atoms with Crippen LogP contribution in [0.2, 0.25) is 5.02 Å². The normalized spacial score (nSPS) is 14.3. The predicted molar refractivity (Wildman–Crippen MR) is 104 cm³/mol. The molecule has 1 atom stereocenters. The Bertz CT molecular complexity index is 799. The van der Waals surface area contributed by atoms with Gasteiger partial charge < -0.3 is 19.5 Å². The molecule has 1 amide bonds. The van der Waals surface area contributed by atoms with Gasteiger partial charge in [0.05, 0.1) is 31.3 Å². The van der Waals surface area contributed by atoms with Crippen molar-refractivity contribution in [2.45, 2.75) is 23.5 Å². The Morgan fingerprint density at radius 1 is 1.19 bits per heavy atom. The Morgan fingerprint density at radius 2 is 1.96 bits per heavy atom. The number of hydrogen-bond donors (Lipinski definition) is 1. The Kier molecular flexibility index (Phi) is 6.16. The van der Waals surface area contributed by atoms with E-state index in [2.05, 4.69) is 5.32 Å². The van der Waals surface area contributed by atoms with Gasteiger partial charge >= 0.3 is 0 Å². The zero-order chi connectivity index (χ0) is 18.5. The molecule has 0 saturated heterocycles. The zero-order valence-electron chi connectivity index (χ0n) is 14.6. The second-order valence-corrected chi connectivity index (χ2v) is 7.60.